The summed E-state index contributed by atoms with van der Waals surface area (Å²) >= 11 is 0. The van der Waals surface area contributed by atoms with E-state index in [2.05, 4.69) is 22.0 Å². The van der Waals surface area contributed by atoms with Gasteiger partial charge in [-0.25, -0.2) is 0 Å². The smallest absolute Gasteiger partial charge is 0.226 e. The van der Waals surface area contributed by atoms with Crippen LogP contribution >= 0.6 is 0 Å². The fourth-order valence-electron chi connectivity index (χ4n) is 1.89. The Labute approximate surface area is 101 Å². The third kappa shape index (κ3) is 3.02. The van der Waals surface area contributed by atoms with Crippen LogP contribution in [0.5, 0.6) is 0 Å². The van der Waals surface area contributed by atoms with Gasteiger partial charge in [-0.05, 0) is 6.92 Å². The van der Waals surface area contributed by atoms with Gasteiger partial charge in [-0.1, -0.05) is 12.1 Å². The highest BCUT2D eigenvalue weighted by Gasteiger charge is 2.26. The standard InChI is InChI=1S/C11H19N3O3/c1-3-11-12-10(13-17-11)5-14-4-9(6-15)16-7-8(14)2/h8-9,15H,3-7H2,1-2H3. The van der Waals surface area contributed by atoms with Crippen molar-refractivity contribution in [1.29, 1.82) is 0 Å². The zero-order chi connectivity index (χ0) is 12.3. The van der Waals surface area contributed by atoms with Gasteiger partial charge in [-0.2, -0.15) is 4.98 Å². The van der Waals surface area contributed by atoms with Crippen LogP contribution in [0.25, 0.3) is 0 Å². The van der Waals surface area contributed by atoms with Crippen LogP contribution in [0.3, 0.4) is 0 Å². The first-order valence-corrected chi connectivity index (χ1v) is 6.01. The molecule has 6 heteroatoms. The monoisotopic (exact) mass is 241 g/mol. The summed E-state index contributed by atoms with van der Waals surface area (Å²) in [5.41, 5.74) is 0. The van der Waals surface area contributed by atoms with Crippen molar-refractivity contribution < 1.29 is 14.4 Å². The summed E-state index contributed by atoms with van der Waals surface area (Å²) in [7, 11) is 0. The van der Waals surface area contributed by atoms with Crippen molar-refractivity contribution in [3.63, 3.8) is 0 Å². The topological polar surface area (TPSA) is 71.6 Å². The number of hydrogen-bond acceptors (Lipinski definition) is 6. The third-order valence-electron chi connectivity index (χ3n) is 3.00. The van der Waals surface area contributed by atoms with Crippen molar-refractivity contribution in [2.45, 2.75) is 39.0 Å². The number of aliphatic hydroxyl groups is 1. The molecular formula is C11H19N3O3. The second kappa shape index (κ2) is 5.57. The van der Waals surface area contributed by atoms with Gasteiger partial charge < -0.3 is 14.4 Å². The molecule has 2 atom stereocenters. The zero-order valence-electron chi connectivity index (χ0n) is 10.3. The molecule has 2 unspecified atom stereocenters. The van der Waals surface area contributed by atoms with E-state index in [1.807, 2.05) is 6.92 Å². The molecule has 0 saturated carbocycles. The molecule has 0 bridgehead atoms. The van der Waals surface area contributed by atoms with Crippen LogP contribution in [0, 0.1) is 0 Å². The molecule has 0 aliphatic carbocycles. The van der Waals surface area contributed by atoms with E-state index in [1.54, 1.807) is 0 Å². The van der Waals surface area contributed by atoms with Crippen LogP contribution in [-0.2, 0) is 17.7 Å². The predicted molar refractivity (Wildman–Crippen MR) is 60.4 cm³/mol. The Hall–Kier alpha value is -0.980. The maximum atomic E-state index is 9.10. The molecule has 0 aromatic carbocycles. The first-order chi connectivity index (χ1) is 8.22. The molecule has 1 aromatic heterocycles. The highest BCUT2D eigenvalue weighted by Crippen LogP contribution is 2.14. The summed E-state index contributed by atoms with van der Waals surface area (Å²) in [5, 5.41) is 13.0. The van der Waals surface area contributed by atoms with E-state index in [4.69, 9.17) is 14.4 Å². The van der Waals surface area contributed by atoms with E-state index in [0.717, 1.165) is 6.42 Å². The van der Waals surface area contributed by atoms with Crippen LogP contribution in [0.1, 0.15) is 25.6 Å². The average Bonchev–Trinajstić information content (AvgIpc) is 2.80. The SMILES string of the molecule is CCc1nc(CN2CC(CO)OCC2C)no1. The zero-order valence-corrected chi connectivity index (χ0v) is 10.3. The van der Waals surface area contributed by atoms with Crippen LogP contribution in [0.4, 0.5) is 0 Å². The lowest BCUT2D eigenvalue weighted by atomic mass is 10.2. The quantitative estimate of drug-likeness (QED) is 0.812. The molecule has 17 heavy (non-hydrogen) atoms. The molecule has 2 heterocycles. The molecule has 1 saturated heterocycles. The number of morpholine rings is 1. The molecule has 1 aliphatic heterocycles. The highest BCUT2D eigenvalue weighted by atomic mass is 16.5. The van der Waals surface area contributed by atoms with Crippen molar-refractivity contribution in [1.82, 2.24) is 15.0 Å². The molecule has 6 nitrogen and oxygen atoms in total. The van der Waals surface area contributed by atoms with Gasteiger partial charge in [-0.3, -0.25) is 4.90 Å². The largest absolute Gasteiger partial charge is 0.394 e. The van der Waals surface area contributed by atoms with Gasteiger partial charge in [0.1, 0.15) is 0 Å². The first kappa shape index (κ1) is 12.5. The second-order valence-corrected chi connectivity index (χ2v) is 4.37. The fraction of sp³-hybridized carbons (Fsp3) is 0.818. The lowest BCUT2D eigenvalue weighted by Gasteiger charge is -2.36. The maximum absolute atomic E-state index is 9.10. The first-order valence-electron chi connectivity index (χ1n) is 6.01. The number of rotatable bonds is 4. The van der Waals surface area contributed by atoms with Gasteiger partial charge >= 0.3 is 0 Å². The summed E-state index contributed by atoms with van der Waals surface area (Å²) in [6.07, 6.45) is 0.647. The molecule has 2 rings (SSSR count). The fourth-order valence-corrected chi connectivity index (χ4v) is 1.89. The molecule has 0 amide bonds. The Morgan fingerprint density at radius 3 is 3.00 bits per heavy atom. The number of nitrogens with zero attached hydrogens (tertiary/aromatic N) is 3. The van der Waals surface area contributed by atoms with Crippen molar-refractivity contribution in [2.24, 2.45) is 0 Å². The summed E-state index contributed by atoms with van der Waals surface area (Å²) in [6, 6.07) is 0.307. The van der Waals surface area contributed by atoms with Crippen LogP contribution in [0.15, 0.2) is 4.52 Å². The number of ether oxygens (including phenoxy) is 1. The van der Waals surface area contributed by atoms with Gasteiger partial charge in [0, 0.05) is 19.0 Å². The van der Waals surface area contributed by atoms with Gasteiger partial charge in [0.2, 0.25) is 5.89 Å². The molecule has 0 radical (unpaired) electrons. The summed E-state index contributed by atoms with van der Waals surface area (Å²) in [6.45, 7) is 6.10. The highest BCUT2D eigenvalue weighted by molar-refractivity contribution is 4.88. The Morgan fingerprint density at radius 1 is 1.53 bits per heavy atom. The van der Waals surface area contributed by atoms with E-state index in [1.165, 1.54) is 0 Å². The molecule has 1 fully saturated rings. The minimum Gasteiger partial charge on any atom is -0.394 e. The van der Waals surface area contributed by atoms with Gasteiger partial charge in [0.25, 0.3) is 0 Å². The number of hydrogen-bond donors (Lipinski definition) is 1. The van der Waals surface area contributed by atoms with Crippen molar-refractivity contribution in [3.05, 3.63) is 11.7 Å². The Balaban J connectivity index is 1.96. The number of aromatic nitrogens is 2. The van der Waals surface area contributed by atoms with Gasteiger partial charge in [0.15, 0.2) is 5.82 Å². The Bertz CT molecular complexity index is 355. The third-order valence-corrected chi connectivity index (χ3v) is 3.00. The molecule has 1 N–H and O–H groups in total. The van der Waals surface area contributed by atoms with Crippen LogP contribution in [-0.4, -0.2) is 52.1 Å². The lowest BCUT2D eigenvalue weighted by Crippen LogP contribution is -2.49. The molecule has 96 valence electrons. The van der Waals surface area contributed by atoms with Crippen molar-refractivity contribution >= 4 is 0 Å². The van der Waals surface area contributed by atoms with Crippen LogP contribution < -0.4 is 0 Å². The van der Waals surface area contributed by atoms with Crippen molar-refractivity contribution in [2.75, 3.05) is 19.8 Å². The normalized spacial score (nSPS) is 26.3. The minimum absolute atomic E-state index is 0.0513. The summed E-state index contributed by atoms with van der Waals surface area (Å²) in [4.78, 5) is 6.49. The summed E-state index contributed by atoms with van der Waals surface area (Å²) in [5.74, 6) is 1.37. The maximum Gasteiger partial charge on any atom is 0.226 e. The molecule has 0 spiro atoms. The number of aliphatic hydroxyl groups excluding tert-OH is 1. The van der Waals surface area contributed by atoms with Gasteiger partial charge in [0.05, 0.1) is 25.9 Å². The van der Waals surface area contributed by atoms with E-state index >= 15 is 0 Å². The molecule has 1 aliphatic rings. The average molecular weight is 241 g/mol. The Morgan fingerprint density at radius 2 is 2.35 bits per heavy atom. The van der Waals surface area contributed by atoms with Crippen LogP contribution in [0.2, 0.25) is 0 Å². The van der Waals surface area contributed by atoms with E-state index in [-0.39, 0.29) is 12.7 Å². The Kier molecular flexibility index (Phi) is 4.09. The summed E-state index contributed by atoms with van der Waals surface area (Å²) < 4.78 is 10.6. The molecule has 1 aromatic rings. The molecular weight excluding hydrogens is 222 g/mol. The second-order valence-electron chi connectivity index (χ2n) is 4.37. The van der Waals surface area contributed by atoms with Crippen molar-refractivity contribution in [3.8, 4) is 0 Å². The predicted octanol–water partition coefficient (Wildman–Crippen LogP) is 0.214. The van der Waals surface area contributed by atoms with E-state index < -0.39 is 0 Å². The van der Waals surface area contributed by atoms with E-state index in [0.29, 0.717) is 37.5 Å². The lowest BCUT2D eigenvalue weighted by molar-refractivity contribution is -0.0813. The number of aryl methyl sites for hydroxylation is 1. The van der Waals surface area contributed by atoms with Gasteiger partial charge in [-0.15, -0.1) is 0 Å². The minimum atomic E-state index is -0.108. The van der Waals surface area contributed by atoms with E-state index in [9.17, 15) is 0 Å².